The Morgan fingerprint density at radius 3 is 2.77 bits per heavy atom. The van der Waals surface area contributed by atoms with Gasteiger partial charge in [-0.15, -0.1) is 0 Å². The van der Waals surface area contributed by atoms with Gasteiger partial charge in [0.15, 0.2) is 0 Å². The first-order chi connectivity index (χ1) is 12.7. The summed E-state index contributed by atoms with van der Waals surface area (Å²) in [5.74, 6) is 1.01. The quantitative estimate of drug-likeness (QED) is 0.804. The summed E-state index contributed by atoms with van der Waals surface area (Å²) in [7, 11) is 1.78. The van der Waals surface area contributed by atoms with Crippen LogP contribution in [0.4, 0.5) is 0 Å². The van der Waals surface area contributed by atoms with Crippen molar-refractivity contribution < 1.29 is 9.47 Å². The molecule has 3 fully saturated rings. The van der Waals surface area contributed by atoms with E-state index in [1.54, 1.807) is 7.11 Å². The largest absolute Gasteiger partial charge is 0.496 e. The monoisotopic (exact) mass is 359 g/mol. The average Bonchev–Trinajstić information content (AvgIpc) is 3.10. The van der Waals surface area contributed by atoms with Gasteiger partial charge in [0.1, 0.15) is 5.75 Å². The predicted octanol–water partition coefficient (Wildman–Crippen LogP) is 2.20. The van der Waals surface area contributed by atoms with Gasteiger partial charge >= 0.3 is 0 Å². The third-order valence-corrected chi connectivity index (χ3v) is 6.29. The van der Waals surface area contributed by atoms with E-state index in [1.807, 2.05) is 0 Å². The Morgan fingerprint density at radius 2 is 1.96 bits per heavy atom. The molecule has 5 heteroatoms. The molecule has 144 valence electrons. The van der Waals surface area contributed by atoms with Crippen LogP contribution in [0.3, 0.4) is 0 Å². The van der Waals surface area contributed by atoms with E-state index in [9.17, 15) is 0 Å². The zero-order valence-electron chi connectivity index (χ0n) is 16.3. The summed E-state index contributed by atoms with van der Waals surface area (Å²) in [5, 5.41) is 0. The number of piperazine rings is 1. The van der Waals surface area contributed by atoms with Crippen molar-refractivity contribution in [1.82, 2.24) is 14.7 Å². The first kappa shape index (κ1) is 18.2. The standard InChI is InChI=1S/C21H33N3O2/c1-17-13-23-7-3-4-20(23)16-24(17)14-18-5-6-21(25-2)19(12-18)15-22-8-10-26-11-9-22/h5-6,12,17,20H,3-4,7-11,13-16H2,1-2H3/t17-,20?/m0/s1. The molecule has 26 heavy (non-hydrogen) atoms. The Bertz CT molecular complexity index is 603. The number of hydrogen-bond donors (Lipinski definition) is 0. The van der Waals surface area contributed by atoms with E-state index < -0.39 is 0 Å². The van der Waals surface area contributed by atoms with Gasteiger partial charge in [0.25, 0.3) is 0 Å². The van der Waals surface area contributed by atoms with E-state index in [-0.39, 0.29) is 0 Å². The number of methoxy groups -OCH3 is 1. The fraction of sp³-hybridized carbons (Fsp3) is 0.714. The van der Waals surface area contributed by atoms with Gasteiger partial charge in [-0.2, -0.15) is 0 Å². The van der Waals surface area contributed by atoms with Gasteiger partial charge in [0.2, 0.25) is 0 Å². The third kappa shape index (κ3) is 4.06. The molecule has 0 saturated carbocycles. The molecule has 3 aliphatic rings. The molecule has 0 amide bonds. The van der Waals surface area contributed by atoms with Gasteiger partial charge < -0.3 is 9.47 Å². The summed E-state index contributed by atoms with van der Waals surface area (Å²) in [6, 6.07) is 8.17. The molecule has 0 aliphatic carbocycles. The second kappa shape index (κ2) is 8.26. The van der Waals surface area contributed by atoms with Gasteiger partial charge in [-0.25, -0.2) is 0 Å². The highest BCUT2D eigenvalue weighted by Crippen LogP contribution is 2.27. The minimum atomic E-state index is 0.633. The van der Waals surface area contributed by atoms with Gasteiger partial charge in [0.05, 0.1) is 20.3 Å². The van der Waals surface area contributed by atoms with Crippen molar-refractivity contribution in [2.45, 2.75) is 44.9 Å². The topological polar surface area (TPSA) is 28.2 Å². The van der Waals surface area contributed by atoms with Crippen LogP contribution in [0, 0.1) is 0 Å². The summed E-state index contributed by atoms with van der Waals surface area (Å²) >= 11 is 0. The lowest BCUT2D eigenvalue weighted by atomic mass is 10.0. The van der Waals surface area contributed by atoms with Crippen molar-refractivity contribution >= 4 is 0 Å². The molecule has 1 unspecified atom stereocenters. The van der Waals surface area contributed by atoms with E-state index in [2.05, 4.69) is 39.8 Å². The van der Waals surface area contributed by atoms with Crippen molar-refractivity contribution in [3.8, 4) is 5.75 Å². The number of fused-ring (bicyclic) bond motifs is 1. The van der Waals surface area contributed by atoms with Crippen LogP contribution in [0.1, 0.15) is 30.9 Å². The number of rotatable bonds is 5. The van der Waals surface area contributed by atoms with E-state index in [1.165, 1.54) is 43.6 Å². The molecule has 0 bridgehead atoms. The molecule has 1 aromatic rings. The summed E-state index contributed by atoms with van der Waals surface area (Å²) in [6.07, 6.45) is 2.74. The summed E-state index contributed by atoms with van der Waals surface area (Å²) in [5.41, 5.74) is 2.71. The maximum absolute atomic E-state index is 5.63. The SMILES string of the molecule is COc1ccc(CN2CC3CCCN3C[C@@H]2C)cc1CN1CCOCC1. The third-order valence-electron chi connectivity index (χ3n) is 6.29. The minimum absolute atomic E-state index is 0.633. The maximum atomic E-state index is 5.63. The summed E-state index contributed by atoms with van der Waals surface area (Å²) in [4.78, 5) is 7.83. The van der Waals surface area contributed by atoms with Crippen LogP contribution in [-0.4, -0.2) is 79.8 Å². The normalized spacial score (nSPS) is 28.2. The van der Waals surface area contributed by atoms with Crippen LogP contribution in [0.5, 0.6) is 5.75 Å². The smallest absolute Gasteiger partial charge is 0.123 e. The lowest BCUT2D eigenvalue weighted by Gasteiger charge is -2.42. The molecule has 0 radical (unpaired) electrons. The number of benzene rings is 1. The minimum Gasteiger partial charge on any atom is -0.496 e. The lowest BCUT2D eigenvalue weighted by Crippen LogP contribution is -2.54. The Morgan fingerprint density at radius 1 is 1.12 bits per heavy atom. The fourth-order valence-corrected chi connectivity index (χ4v) is 4.76. The highest BCUT2D eigenvalue weighted by Gasteiger charge is 2.34. The van der Waals surface area contributed by atoms with Crippen LogP contribution >= 0.6 is 0 Å². The number of morpholine rings is 1. The Hall–Kier alpha value is -1.14. The van der Waals surface area contributed by atoms with Crippen LogP contribution in [0.25, 0.3) is 0 Å². The van der Waals surface area contributed by atoms with Crippen molar-refractivity contribution in [3.05, 3.63) is 29.3 Å². The van der Waals surface area contributed by atoms with E-state index in [0.717, 1.165) is 51.2 Å². The highest BCUT2D eigenvalue weighted by molar-refractivity contribution is 5.37. The van der Waals surface area contributed by atoms with Gasteiger partial charge in [0, 0.05) is 56.9 Å². The first-order valence-corrected chi connectivity index (χ1v) is 10.2. The van der Waals surface area contributed by atoms with Crippen molar-refractivity contribution in [1.29, 1.82) is 0 Å². The highest BCUT2D eigenvalue weighted by atomic mass is 16.5. The molecule has 0 aromatic heterocycles. The second-order valence-electron chi connectivity index (χ2n) is 8.10. The van der Waals surface area contributed by atoms with Crippen LogP contribution in [-0.2, 0) is 17.8 Å². The Kier molecular flexibility index (Phi) is 5.79. The zero-order valence-corrected chi connectivity index (χ0v) is 16.3. The number of hydrogen-bond acceptors (Lipinski definition) is 5. The first-order valence-electron chi connectivity index (χ1n) is 10.2. The van der Waals surface area contributed by atoms with Gasteiger partial charge in [-0.1, -0.05) is 6.07 Å². The van der Waals surface area contributed by atoms with E-state index in [0.29, 0.717) is 6.04 Å². The molecule has 0 spiro atoms. The van der Waals surface area contributed by atoms with Crippen molar-refractivity contribution in [3.63, 3.8) is 0 Å². The van der Waals surface area contributed by atoms with Crippen LogP contribution < -0.4 is 4.74 Å². The molecule has 5 nitrogen and oxygen atoms in total. The molecular weight excluding hydrogens is 326 g/mol. The van der Waals surface area contributed by atoms with Crippen LogP contribution in [0.2, 0.25) is 0 Å². The van der Waals surface area contributed by atoms with Crippen LogP contribution in [0.15, 0.2) is 18.2 Å². The van der Waals surface area contributed by atoms with Crippen molar-refractivity contribution in [2.24, 2.45) is 0 Å². The molecule has 2 atom stereocenters. The number of nitrogens with zero attached hydrogens (tertiary/aromatic N) is 3. The Labute approximate surface area is 157 Å². The maximum Gasteiger partial charge on any atom is 0.123 e. The predicted molar refractivity (Wildman–Crippen MR) is 104 cm³/mol. The van der Waals surface area contributed by atoms with Gasteiger partial charge in [-0.05, 0) is 44.0 Å². The molecule has 3 heterocycles. The van der Waals surface area contributed by atoms with Gasteiger partial charge in [-0.3, -0.25) is 14.7 Å². The summed E-state index contributed by atoms with van der Waals surface area (Å²) < 4.78 is 11.1. The molecule has 0 N–H and O–H groups in total. The fourth-order valence-electron chi connectivity index (χ4n) is 4.76. The zero-order chi connectivity index (χ0) is 17.9. The second-order valence-corrected chi connectivity index (χ2v) is 8.10. The van der Waals surface area contributed by atoms with E-state index in [4.69, 9.17) is 9.47 Å². The average molecular weight is 360 g/mol. The summed E-state index contributed by atoms with van der Waals surface area (Å²) in [6.45, 7) is 11.8. The Balaban J connectivity index is 1.45. The number of ether oxygens (including phenoxy) is 2. The van der Waals surface area contributed by atoms with E-state index >= 15 is 0 Å². The molecule has 3 aliphatic heterocycles. The molecular formula is C21H33N3O2. The van der Waals surface area contributed by atoms with Crippen molar-refractivity contribution in [2.75, 3.05) is 53.0 Å². The molecule has 3 saturated heterocycles. The molecule has 4 rings (SSSR count). The molecule has 1 aromatic carbocycles. The lowest BCUT2D eigenvalue weighted by molar-refractivity contribution is 0.0338.